The Bertz CT molecular complexity index is 633. The van der Waals surface area contributed by atoms with Gasteiger partial charge < -0.3 is 10.2 Å². The topological polar surface area (TPSA) is 74.6 Å². The fourth-order valence-electron chi connectivity index (χ4n) is 1.47. The van der Waals surface area contributed by atoms with Gasteiger partial charge in [0.25, 0.3) is 0 Å². The molecule has 0 aliphatic carbocycles. The number of carboxylic acid groups (broad SMARTS) is 2. The van der Waals surface area contributed by atoms with E-state index < -0.39 is 11.9 Å². The summed E-state index contributed by atoms with van der Waals surface area (Å²) in [6, 6.07) is 5.79. The van der Waals surface area contributed by atoms with E-state index in [0.29, 0.717) is 16.1 Å². The zero-order valence-electron chi connectivity index (χ0n) is 8.88. The molecule has 6 heteroatoms. The van der Waals surface area contributed by atoms with Crippen molar-refractivity contribution in [3.05, 3.63) is 45.1 Å². The second-order valence-electron chi connectivity index (χ2n) is 3.50. The normalized spacial score (nSPS) is 10.3. The SMILES string of the molecule is O=C(O)c1ccc(Cl)c(-c2csc(C(=O)O)c2)c1. The van der Waals surface area contributed by atoms with Gasteiger partial charge in [0.2, 0.25) is 0 Å². The van der Waals surface area contributed by atoms with Crippen molar-refractivity contribution >= 4 is 34.9 Å². The minimum absolute atomic E-state index is 0.109. The molecule has 1 heterocycles. The first-order valence-corrected chi connectivity index (χ1v) is 6.10. The summed E-state index contributed by atoms with van der Waals surface area (Å²) in [5, 5.41) is 19.8. The zero-order chi connectivity index (χ0) is 13.3. The monoisotopic (exact) mass is 282 g/mol. The van der Waals surface area contributed by atoms with Crippen LogP contribution in [0.5, 0.6) is 0 Å². The van der Waals surface area contributed by atoms with Crippen LogP contribution in [0.25, 0.3) is 11.1 Å². The summed E-state index contributed by atoms with van der Waals surface area (Å²) in [5.74, 6) is -2.07. The van der Waals surface area contributed by atoms with Crippen molar-refractivity contribution in [1.82, 2.24) is 0 Å². The average Bonchev–Trinajstić information content (AvgIpc) is 2.78. The predicted octanol–water partition coefficient (Wildman–Crippen LogP) is 3.46. The van der Waals surface area contributed by atoms with Crippen molar-refractivity contribution in [2.24, 2.45) is 0 Å². The zero-order valence-corrected chi connectivity index (χ0v) is 10.5. The van der Waals surface area contributed by atoms with Gasteiger partial charge in [0, 0.05) is 10.6 Å². The summed E-state index contributed by atoms with van der Waals surface area (Å²) in [4.78, 5) is 21.8. The highest BCUT2D eigenvalue weighted by atomic mass is 35.5. The minimum Gasteiger partial charge on any atom is -0.478 e. The molecule has 2 rings (SSSR count). The molecule has 0 aliphatic heterocycles. The van der Waals surface area contributed by atoms with E-state index in [2.05, 4.69) is 0 Å². The van der Waals surface area contributed by atoms with Gasteiger partial charge in [-0.15, -0.1) is 11.3 Å². The van der Waals surface area contributed by atoms with Gasteiger partial charge in [-0.05, 0) is 35.2 Å². The quantitative estimate of drug-likeness (QED) is 0.904. The van der Waals surface area contributed by atoms with Crippen molar-refractivity contribution in [2.75, 3.05) is 0 Å². The highest BCUT2D eigenvalue weighted by molar-refractivity contribution is 7.12. The number of halogens is 1. The van der Waals surface area contributed by atoms with E-state index in [1.54, 1.807) is 5.38 Å². The number of benzene rings is 1. The summed E-state index contributed by atoms with van der Waals surface area (Å²) in [5.41, 5.74) is 1.23. The number of carbonyl (C=O) groups is 2. The van der Waals surface area contributed by atoms with E-state index in [1.165, 1.54) is 24.3 Å². The molecule has 1 aromatic heterocycles. The van der Waals surface area contributed by atoms with Crippen LogP contribution in [0.1, 0.15) is 20.0 Å². The lowest BCUT2D eigenvalue weighted by molar-refractivity contribution is 0.0688. The third-order valence-electron chi connectivity index (χ3n) is 2.33. The Morgan fingerprint density at radius 3 is 2.39 bits per heavy atom. The Morgan fingerprint density at radius 2 is 1.83 bits per heavy atom. The minimum atomic E-state index is -1.05. The summed E-state index contributed by atoms with van der Waals surface area (Å²) in [6.45, 7) is 0. The molecule has 0 spiro atoms. The molecule has 2 N–H and O–H groups in total. The van der Waals surface area contributed by atoms with Gasteiger partial charge in [0.1, 0.15) is 4.88 Å². The van der Waals surface area contributed by atoms with Crippen LogP contribution < -0.4 is 0 Å². The average molecular weight is 283 g/mol. The third kappa shape index (κ3) is 2.37. The number of carboxylic acids is 2. The van der Waals surface area contributed by atoms with E-state index in [1.807, 2.05) is 0 Å². The highest BCUT2D eigenvalue weighted by Gasteiger charge is 2.13. The molecular formula is C12H7ClO4S. The van der Waals surface area contributed by atoms with Crippen molar-refractivity contribution in [1.29, 1.82) is 0 Å². The molecule has 4 nitrogen and oxygen atoms in total. The van der Waals surface area contributed by atoms with Crippen molar-refractivity contribution in [3.8, 4) is 11.1 Å². The van der Waals surface area contributed by atoms with E-state index in [-0.39, 0.29) is 10.4 Å². The lowest BCUT2D eigenvalue weighted by Gasteiger charge is -2.03. The van der Waals surface area contributed by atoms with Crippen LogP contribution in [0.2, 0.25) is 5.02 Å². The largest absolute Gasteiger partial charge is 0.478 e. The molecule has 0 unspecified atom stereocenters. The van der Waals surface area contributed by atoms with Crippen LogP contribution in [0.4, 0.5) is 0 Å². The van der Waals surface area contributed by atoms with Gasteiger partial charge in [0.15, 0.2) is 0 Å². The first-order valence-electron chi connectivity index (χ1n) is 4.84. The maximum Gasteiger partial charge on any atom is 0.345 e. The van der Waals surface area contributed by atoms with Crippen LogP contribution in [-0.4, -0.2) is 22.2 Å². The highest BCUT2D eigenvalue weighted by Crippen LogP contribution is 2.32. The van der Waals surface area contributed by atoms with Crippen LogP contribution in [-0.2, 0) is 0 Å². The van der Waals surface area contributed by atoms with E-state index in [9.17, 15) is 9.59 Å². The Morgan fingerprint density at radius 1 is 1.11 bits per heavy atom. The number of thiophene rings is 1. The van der Waals surface area contributed by atoms with E-state index in [4.69, 9.17) is 21.8 Å². The summed E-state index contributed by atoms with van der Waals surface area (Å²) in [7, 11) is 0. The van der Waals surface area contributed by atoms with Gasteiger partial charge in [-0.3, -0.25) is 0 Å². The second-order valence-corrected chi connectivity index (χ2v) is 4.82. The van der Waals surface area contributed by atoms with Crippen molar-refractivity contribution in [3.63, 3.8) is 0 Å². The molecule has 0 fully saturated rings. The molecule has 0 saturated heterocycles. The Hall–Kier alpha value is -1.85. The Labute approximate surface area is 111 Å². The number of rotatable bonds is 3. The molecule has 18 heavy (non-hydrogen) atoms. The van der Waals surface area contributed by atoms with E-state index in [0.717, 1.165) is 11.3 Å². The molecule has 0 radical (unpaired) electrons. The fraction of sp³-hybridized carbons (Fsp3) is 0. The van der Waals surface area contributed by atoms with Gasteiger partial charge in [0.05, 0.1) is 5.56 Å². The first kappa shape index (κ1) is 12.6. The van der Waals surface area contributed by atoms with Crippen molar-refractivity contribution in [2.45, 2.75) is 0 Å². The van der Waals surface area contributed by atoms with Crippen molar-refractivity contribution < 1.29 is 19.8 Å². The molecule has 0 amide bonds. The second kappa shape index (κ2) is 4.80. The van der Waals surface area contributed by atoms with Crippen LogP contribution >= 0.6 is 22.9 Å². The Balaban J connectivity index is 2.51. The molecule has 92 valence electrons. The lowest BCUT2D eigenvalue weighted by Crippen LogP contribution is -1.96. The molecule has 0 saturated carbocycles. The van der Waals surface area contributed by atoms with Gasteiger partial charge >= 0.3 is 11.9 Å². The summed E-state index contributed by atoms with van der Waals surface area (Å²) in [6.07, 6.45) is 0. The van der Waals surface area contributed by atoms with Crippen LogP contribution in [0.3, 0.4) is 0 Å². The van der Waals surface area contributed by atoms with Gasteiger partial charge in [-0.2, -0.15) is 0 Å². The van der Waals surface area contributed by atoms with Gasteiger partial charge in [-0.1, -0.05) is 11.6 Å². The van der Waals surface area contributed by atoms with Gasteiger partial charge in [-0.25, -0.2) is 9.59 Å². The van der Waals surface area contributed by atoms with Crippen LogP contribution in [0.15, 0.2) is 29.6 Å². The lowest BCUT2D eigenvalue weighted by atomic mass is 10.1. The summed E-state index contributed by atoms with van der Waals surface area (Å²) >= 11 is 7.06. The maximum atomic E-state index is 10.9. The smallest absolute Gasteiger partial charge is 0.345 e. The predicted molar refractivity (Wildman–Crippen MR) is 68.7 cm³/mol. The molecule has 0 aliphatic rings. The molecule has 1 aromatic carbocycles. The van der Waals surface area contributed by atoms with Crippen LogP contribution in [0, 0.1) is 0 Å². The maximum absolute atomic E-state index is 10.9. The summed E-state index contributed by atoms with van der Waals surface area (Å²) < 4.78 is 0. The number of hydrogen-bond donors (Lipinski definition) is 2. The van der Waals surface area contributed by atoms with E-state index >= 15 is 0 Å². The molecule has 2 aromatic rings. The molecular weight excluding hydrogens is 276 g/mol. The fourth-order valence-corrected chi connectivity index (χ4v) is 2.44. The first-order chi connectivity index (χ1) is 8.49. The third-order valence-corrected chi connectivity index (χ3v) is 3.58. The number of hydrogen-bond acceptors (Lipinski definition) is 3. The molecule has 0 atom stereocenters. The Kier molecular flexibility index (Phi) is 3.36. The molecule has 0 bridgehead atoms. The standard InChI is InChI=1S/C12H7ClO4S/c13-9-2-1-6(11(14)15)3-8(9)7-4-10(12(16)17)18-5-7/h1-5H,(H,14,15)(H,16,17). The number of aromatic carboxylic acids is 2.